The maximum atomic E-state index is 13.4. The number of anilines is 4. The van der Waals surface area contributed by atoms with Gasteiger partial charge in [-0.1, -0.05) is 11.6 Å². The SMILES string of the molecule is CNC(=O)COc1cc2cc(Nc3nc(N4CCC(OC5CC(N6CCN(c7ccc8c(c7)C(=O)N(C7CCC(=O)NC7=O)C8=O)C[C@H]6C)C5)CC4)ncc3Cl)ccc2n(C(C)C)c1=O. The minimum absolute atomic E-state index is 0.0816. The van der Waals surface area contributed by atoms with Crippen LogP contribution in [0.15, 0.2) is 53.5 Å². The molecule has 6 heterocycles. The Kier molecular flexibility index (Phi) is 12.2. The second-order valence-electron chi connectivity index (χ2n) is 17.8. The highest BCUT2D eigenvalue weighted by Gasteiger charge is 2.45. The lowest BCUT2D eigenvalue weighted by atomic mass is 9.86. The molecule has 1 unspecified atom stereocenters. The van der Waals surface area contributed by atoms with Crippen LogP contribution in [-0.4, -0.2) is 131 Å². The van der Waals surface area contributed by atoms with Crippen molar-refractivity contribution in [1.82, 2.24) is 35.0 Å². The number of carbonyl (C=O) groups is 5. The first-order valence-electron chi connectivity index (χ1n) is 22.3. The number of amides is 5. The number of benzene rings is 2. The number of carbonyl (C=O) groups excluding carboxylic acids is 5. The number of imide groups is 2. The Morgan fingerprint density at radius 2 is 1.69 bits per heavy atom. The predicted octanol–water partition coefficient (Wildman–Crippen LogP) is 4.02. The highest BCUT2D eigenvalue weighted by molar-refractivity contribution is 6.33. The third-order valence-electron chi connectivity index (χ3n) is 13.3. The van der Waals surface area contributed by atoms with E-state index in [2.05, 4.69) is 42.6 Å². The van der Waals surface area contributed by atoms with Crippen LogP contribution in [0.5, 0.6) is 5.75 Å². The number of hydrogen-bond acceptors (Lipinski definition) is 14. The number of piperazine rings is 1. The fourth-order valence-corrected chi connectivity index (χ4v) is 9.89. The summed E-state index contributed by atoms with van der Waals surface area (Å²) in [5.74, 6) is -1.24. The molecule has 3 saturated heterocycles. The Morgan fingerprint density at radius 3 is 2.42 bits per heavy atom. The van der Waals surface area contributed by atoms with Crippen LogP contribution in [-0.2, 0) is 19.1 Å². The van der Waals surface area contributed by atoms with Crippen molar-refractivity contribution in [3.63, 3.8) is 0 Å². The summed E-state index contributed by atoms with van der Waals surface area (Å²) >= 11 is 6.60. The number of aromatic nitrogens is 3. The molecule has 65 heavy (non-hydrogen) atoms. The molecule has 0 spiro atoms. The number of likely N-dealkylation sites (N-methyl/N-ethyl adjacent to an activating group) is 1. The number of rotatable bonds is 12. The monoisotopic (exact) mass is 908 g/mol. The van der Waals surface area contributed by atoms with Crippen molar-refractivity contribution in [2.24, 2.45) is 0 Å². The van der Waals surface area contributed by atoms with E-state index in [0.29, 0.717) is 34.1 Å². The summed E-state index contributed by atoms with van der Waals surface area (Å²) < 4.78 is 13.9. The third kappa shape index (κ3) is 8.73. The van der Waals surface area contributed by atoms with E-state index in [1.807, 2.05) is 38.1 Å². The van der Waals surface area contributed by atoms with Crippen LogP contribution < -0.4 is 36.0 Å². The van der Waals surface area contributed by atoms with Crippen LogP contribution >= 0.6 is 11.6 Å². The largest absolute Gasteiger partial charge is 0.478 e. The average Bonchev–Trinajstić information content (AvgIpc) is 3.52. The predicted molar refractivity (Wildman–Crippen MR) is 243 cm³/mol. The number of pyridine rings is 1. The molecule has 342 valence electrons. The average molecular weight is 909 g/mol. The molecule has 9 rings (SSSR count). The maximum Gasteiger partial charge on any atom is 0.293 e. The normalized spacial score (nSPS) is 22.9. The van der Waals surface area contributed by atoms with E-state index < -0.39 is 29.7 Å². The van der Waals surface area contributed by atoms with Gasteiger partial charge in [0.25, 0.3) is 23.3 Å². The Bertz CT molecular complexity index is 2630. The fraction of sp³-hybridized carbons (Fsp3) is 0.478. The van der Waals surface area contributed by atoms with Gasteiger partial charge in [-0.2, -0.15) is 4.98 Å². The van der Waals surface area contributed by atoms with Gasteiger partial charge in [-0.25, -0.2) is 4.98 Å². The van der Waals surface area contributed by atoms with Crippen molar-refractivity contribution in [3.05, 3.63) is 75.2 Å². The lowest BCUT2D eigenvalue weighted by Gasteiger charge is -2.50. The molecule has 0 bridgehead atoms. The topological polar surface area (TPSA) is 201 Å². The van der Waals surface area contributed by atoms with Gasteiger partial charge in [-0.3, -0.25) is 43.9 Å². The molecular formula is C46H53ClN10O8. The van der Waals surface area contributed by atoms with Crippen LogP contribution in [0.1, 0.15) is 86.1 Å². The van der Waals surface area contributed by atoms with Gasteiger partial charge in [-0.15, -0.1) is 0 Å². The molecule has 2 aromatic carbocycles. The highest BCUT2D eigenvalue weighted by Crippen LogP contribution is 2.36. The summed E-state index contributed by atoms with van der Waals surface area (Å²) in [6.07, 6.45) is 5.78. The first-order valence-corrected chi connectivity index (χ1v) is 22.7. The molecule has 4 aromatic rings. The summed E-state index contributed by atoms with van der Waals surface area (Å²) in [6.45, 7) is 9.66. The van der Waals surface area contributed by atoms with Crippen molar-refractivity contribution in [3.8, 4) is 5.75 Å². The number of ether oxygens (including phenoxy) is 2. The Balaban J connectivity index is 0.756. The van der Waals surface area contributed by atoms with Gasteiger partial charge >= 0.3 is 0 Å². The van der Waals surface area contributed by atoms with E-state index in [4.69, 9.17) is 26.1 Å². The summed E-state index contributed by atoms with van der Waals surface area (Å²) in [5, 5.41) is 9.18. The zero-order chi connectivity index (χ0) is 45.7. The van der Waals surface area contributed by atoms with Gasteiger partial charge in [0.1, 0.15) is 11.1 Å². The van der Waals surface area contributed by atoms with Crippen molar-refractivity contribution in [1.29, 1.82) is 0 Å². The quantitative estimate of drug-likeness (QED) is 0.172. The van der Waals surface area contributed by atoms with Gasteiger partial charge in [0.2, 0.25) is 17.8 Å². The van der Waals surface area contributed by atoms with Crippen molar-refractivity contribution >= 4 is 75.2 Å². The van der Waals surface area contributed by atoms with Crippen molar-refractivity contribution in [2.75, 3.05) is 61.5 Å². The van der Waals surface area contributed by atoms with Crippen LogP contribution in [0.3, 0.4) is 0 Å². The molecule has 4 aliphatic heterocycles. The summed E-state index contributed by atoms with van der Waals surface area (Å²) in [5.41, 5.74) is 2.56. The lowest BCUT2D eigenvalue weighted by molar-refractivity contribution is -0.136. The first kappa shape index (κ1) is 44.1. The molecule has 5 amide bonds. The molecule has 19 heteroatoms. The van der Waals surface area contributed by atoms with E-state index in [0.717, 1.165) is 79.9 Å². The van der Waals surface area contributed by atoms with Crippen LogP contribution in [0.25, 0.3) is 10.9 Å². The molecule has 2 atom stereocenters. The van der Waals surface area contributed by atoms with Crippen LogP contribution in [0.4, 0.5) is 23.1 Å². The fourth-order valence-electron chi connectivity index (χ4n) is 9.75. The molecule has 2 aromatic heterocycles. The molecule has 1 saturated carbocycles. The molecule has 0 radical (unpaired) electrons. The third-order valence-corrected chi connectivity index (χ3v) is 13.5. The van der Waals surface area contributed by atoms with E-state index in [-0.39, 0.29) is 66.5 Å². The minimum Gasteiger partial charge on any atom is -0.478 e. The maximum absolute atomic E-state index is 13.4. The molecule has 18 nitrogen and oxygen atoms in total. The summed E-state index contributed by atoms with van der Waals surface area (Å²) in [7, 11) is 1.51. The molecule has 5 aliphatic rings. The minimum atomic E-state index is -0.988. The highest BCUT2D eigenvalue weighted by atomic mass is 35.5. The zero-order valence-corrected chi connectivity index (χ0v) is 37.6. The Hall–Kier alpha value is -6.11. The first-order chi connectivity index (χ1) is 31.3. The molecule has 1 aliphatic carbocycles. The second-order valence-corrected chi connectivity index (χ2v) is 18.2. The van der Waals surface area contributed by atoms with Crippen LogP contribution in [0, 0.1) is 0 Å². The van der Waals surface area contributed by atoms with Crippen molar-refractivity contribution < 1.29 is 33.4 Å². The standard InChI is InChI=1S/C46H53ClN10O8/c1-25(2)56-36-8-5-28(17-27(36)18-38(45(56)63)64-24-40(59)48-4)50-41-35(47)22-49-46(52-41)53-13-11-31(12-14-53)65-32-19-30(20-32)55-16-15-54(23-26(55)3)29-6-7-33-34(21-29)44(62)57(43(33)61)37-9-10-39(58)51-42(37)60/h5-8,17-18,21-22,25-26,30-32,37H,9-16,19-20,23-24H2,1-4H3,(H,48,59)(H,49,50,52)(H,51,58,60)/t26-,30?,32?,37?/m1/s1. The number of piperidine rings is 2. The van der Waals surface area contributed by atoms with E-state index in [1.54, 1.807) is 29.0 Å². The van der Waals surface area contributed by atoms with E-state index in [1.165, 1.54) is 7.05 Å². The number of fused-ring (bicyclic) bond motifs is 2. The Labute approximate surface area is 380 Å². The Morgan fingerprint density at radius 1 is 0.923 bits per heavy atom. The number of nitrogens with one attached hydrogen (secondary N) is 3. The number of hydrogen-bond donors (Lipinski definition) is 3. The van der Waals surface area contributed by atoms with E-state index in [9.17, 15) is 28.8 Å². The lowest BCUT2D eigenvalue weighted by Crippen LogP contribution is -2.60. The summed E-state index contributed by atoms with van der Waals surface area (Å²) in [6, 6.07) is 12.1. The smallest absolute Gasteiger partial charge is 0.293 e. The van der Waals surface area contributed by atoms with Crippen LogP contribution in [0.2, 0.25) is 5.02 Å². The number of nitrogens with zero attached hydrogens (tertiary/aromatic N) is 7. The zero-order valence-electron chi connectivity index (χ0n) is 36.8. The van der Waals surface area contributed by atoms with Crippen molar-refractivity contribution in [2.45, 2.75) is 95.7 Å². The van der Waals surface area contributed by atoms with Gasteiger partial charge in [0.05, 0.1) is 35.0 Å². The molecular weight excluding hydrogens is 856 g/mol. The van der Waals surface area contributed by atoms with Gasteiger partial charge < -0.3 is 34.5 Å². The van der Waals surface area contributed by atoms with Gasteiger partial charge in [0.15, 0.2) is 18.2 Å². The van der Waals surface area contributed by atoms with Gasteiger partial charge in [-0.05, 0) is 95.3 Å². The summed E-state index contributed by atoms with van der Waals surface area (Å²) in [4.78, 5) is 93.2. The number of halogens is 1. The van der Waals surface area contributed by atoms with E-state index >= 15 is 0 Å². The van der Waals surface area contributed by atoms with Gasteiger partial charge in [0, 0.05) is 81.1 Å². The second kappa shape index (κ2) is 18.0. The molecule has 3 N–H and O–H groups in total. The molecule has 4 fully saturated rings.